The Labute approximate surface area is 271 Å². The highest BCUT2D eigenvalue weighted by molar-refractivity contribution is 5.74. The predicted octanol–water partition coefficient (Wildman–Crippen LogP) is 6.89. The van der Waals surface area contributed by atoms with E-state index in [1.165, 1.54) is 63.6 Å². The van der Waals surface area contributed by atoms with E-state index in [0.29, 0.717) is 11.8 Å². The summed E-state index contributed by atoms with van der Waals surface area (Å²) in [5, 5.41) is 21.9. The van der Waals surface area contributed by atoms with Crippen LogP contribution < -0.4 is 5.32 Å². The molecular formula is C39H52N4O2. The third kappa shape index (κ3) is 12.4. The van der Waals surface area contributed by atoms with Crippen molar-refractivity contribution in [3.05, 3.63) is 96.2 Å². The van der Waals surface area contributed by atoms with Gasteiger partial charge in [-0.2, -0.15) is 5.26 Å². The fourth-order valence-corrected chi connectivity index (χ4v) is 7.24. The highest BCUT2D eigenvalue weighted by Gasteiger charge is 2.38. The van der Waals surface area contributed by atoms with Gasteiger partial charge in [-0.1, -0.05) is 74.2 Å². The van der Waals surface area contributed by atoms with Gasteiger partial charge in [0.25, 0.3) is 0 Å². The lowest BCUT2D eigenvalue weighted by Gasteiger charge is -2.35. The Kier molecular flexibility index (Phi) is 15.0. The average Bonchev–Trinajstić information content (AvgIpc) is 3.56. The first-order valence-corrected chi connectivity index (χ1v) is 17.2. The highest BCUT2D eigenvalue weighted by Crippen LogP contribution is 2.32. The first-order valence-electron chi connectivity index (χ1n) is 17.2. The third-order valence-electron chi connectivity index (χ3n) is 9.69. The molecule has 0 amide bonds. The third-order valence-corrected chi connectivity index (χ3v) is 9.69. The van der Waals surface area contributed by atoms with E-state index in [1.807, 2.05) is 54.8 Å². The summed E-state index contributed by atoms with van der Waals surface area (Å²) in [5.41, 5.74) is 2.08. The summed E-state index contributed by atoms with van der Waals surface area (Å²) in [5.74, 6) is 1.23. The van der Waals surface area contributed by atoms with E-state index >= 15 is 0 Å². The molecule has 6 nitrogen and oxygen atoms in total. The van der Waals surface area contributed by atoms with Crippen molar-refractivity contribution in [3.63, 3.8) is 0 Å². The molecule has 45 heavy (non-hydrogen) atoms. The maximum Gasteiger partial charge on any atom is 0.321 e. The minimum Gasteiger partial charge on any atom is -0.480 e. The Balaban J connectivity index is 0.000000318. The Hall–Kier alpha value is -3.58. The van der Waals surface area contributed by atoms with Crippen LogP contribution in [-0.4, -0.2) is 66.2 Å². The Bertz CT molecular complexity index is 1150. The van der Waals surface area contributed by atoms with E-state index in [9.17, 15) is 9.90 Å². The monoisotopic (exact) mass is 608 g/mol. The van der Waals surface area contributed by atoms with Gasteiger partial charge in [0, 0.05) is 19.6 Å². The largest absolute Gasteiger partial charge is 0.480 e. The fourth-order valence-electron chi connectivity index (χ4n) is 7.24. The number of carbonyl (C=O) groups is 1. The molecule has 1 aliphatic carbocycles. The quantitative estimate of drug-likeness (QED) is 0.323. The Morgan fingerprint density at radius 2 is 1.67 bits per heavy atom. The van der Waals surface area contributed by atoms with Crippen LogP contribution in [0.25, 0.3) is 0 Å². The Morgan fingerprint density at radius 1 is 0.956 bits per heavy atom. The predicted molar refractivity (Wildman–Crippen MR) is 181 cm³/mol. The minimum absolute atomic E-state index is 0.253. The van der Waals surface area contributed by atoms with E-state index in [2.05, 4.69) is 51.5 Å². The van der Waals surface area contributed by atoms with Crippen LogP contribution in [0.15, 0.2) is 73.0 Å². The number of aryl methyl sites for hydroxylation is 1. The number of dihydropyridines is 1. The van der Waals surface area contributed by atoms with Crippen molar-refractivity contribution in [1.29, 1.82) is 5.26 Å². The van der Waals surface area contributed by atoms with E-state index in [-0.39, 0.29) is 6.04 Å². The molecule has 3 fully saturated rings. The summed E-state index contributed by atoms with van der Waals surface area (Å²) >= 11 is 0. The molecule has 2 unspecified atom stereocenters. The normalized spacial score (nSPS) is 21.2. The van der Waals surface area contributed by atoms with Crippen LogP contribution >= 0.6 is 0 Å². The van der Waals surface area contributed by atoms with E-state index in [1.54, 1.807) is 0 Å². The van der Waals surface area contributed by atoms with E-state index in [0.717, 1.165) is 63.3 Å². The van der Waals surface area contributed by atoms with Crippen molar-refractivity contribution < 1.29 is 9.90 Å². The standard InChI is InChI=1S/C28H41N3O2.C6H4.C5H7N/c29-19-24-11-9-22(10-12-24)5-4-6-23-13-16-30(17-14-23)20-25-15-18-31(21-25)27(28(32)33)26-7-2-1-3-8-26;2*1-2-4-6-5-3-1/h9-12,23,25-27H,1-8,13-18,20-21H2,(H,32,33);1-4H;1-4,6H,5H2. The van der Waals surface area contributed by atoms with Gasteiger partial charge < -0.3 is 15.3 Å². The van der Waals surface area contributed by atoms with Gasteiger partial charge in [0.2, 0.25) is 0 Å². The lowest BCUT2D eigenvalue weighted by Crippen LogP contribution is -2.46. The highest BCUT2D eigenvalue weighted by atomic mass is 16.4. The maximum absolute atomic E-state index is 12.1. The van der Waals surface area contributed by atoms with Gasteiger partial charge in [-0.3, -0.25) is 9.69 Å². The smallest absolute Gasteiger partial charge is 0.321 e. The van der Waals surface area contributed by atoms with Gasteiger partial charge in [-0.15, -0.1) is 0 Å². The molecule has 3 heterocycles. The van der Waals surface area contributed by atoms with Gasteiger partial charge >= 0.3 is 5.97 Å². The number of likely N-dealkylation sites (tertiary alicyclic amines) is 2. The van der Waals surface area contributed by atoms with Crippen molar-refractivity contribution in [1.82, 2.24) is 15.1 Å². The summed E-state index contributed by atoms with van der Waals surface area (Å²) in [6.45, 7) is 6.45. The molecule has 0 bridgehead atoms. The second kappa shape index (κ2) is 19.7. The SMILES string of the molecule is C1=CCNC=C1.N#Cc1ccc(CCCC2CCN(CC3CCN(C(C(=O)O)C4CCCCC4)C3)CC2)cc1.c1ccccc#1. The molecule has 2 aromatic carbocycles. The summed E-state index contributed by atoms with van der Waals surface area (Å²) in [4.78, 5) is 17.0. The number of hydrogen-bond acceptors (Lipinski definition) is 5. The summed E-state index contributed by atoms with van der Waals surface area (Å²) in [7, 11) is 0. The molecule has 0 aromatic heterocycles. The van der Waals surface area contributed by atoms with Crippen molar-refractivity contribution in [3.8, 4) is 6.07 Å². The molecule has 4 aliphatic rings. The molecule has 6 rings (SSSR count). The number of aliphatic carboxylic acids is 1. The number of nitrogens with one attached hydrogen (secondary N) is 1. The topological polar surface area (TPSA) is 79.6 Å². The zero-order valence-electron chi connectivity index (χ0n) is 27.0. The molecule has 6 heteroatoms. The van der Waals surface area contributed by atoms with Crippen LogP contribution in [0.3, 0.4) is 0 Å². The molecule has 2 N–H and O–H groups in total. The average molecular weight is 609 g/mol. The number of nitriles is 1. The number of carboxylic acids is 1. The Morgan fingerprint density at radius 3 is 2.20 bits per heavy atom. The molecule has 2 atom stereocenters. The van der Waals surface area contributed by atoms with Crippen molar-refractivity contribution in [2.24, 2.45) is 17.8 Å². The number of rotatable bonds is 9. The van der Waals surface area contributed by atoms with Crippen molar-refractivity contribution in [2.75, 3.05) is 39.3 Å². The number of hydrogen-bond donors (Lipinski definition) is 2. The van der Waals surface area contributed by atoms with Crippen LogP contribution in [0.5, 0.6) is 0 Å². The number of carboxylic acid groups (broad SMARTS) is 1. The second-order valence-electron chi connectivity index (χ2n) is 13.0. The zero-order valence-corrected chi connectivity index (χ0v) is 27.0. The summed E-state index contributed by atoms with van der Waals surface area (Å²) in [6.07, 6.45) is 21.2. The molecule has 240 valence electrons. The van der Waals surface area contributed by atoms with Crippen LogP contribution in [-0.2, 0) is 11.2 Å². The van der Waals surface area contributed by atoms with E-state index < -0.39 is 5.97 Å². The molecule has 1 saturated carbocycles. The zero-order chi connectivity index (χ0) is 31.5. The lowest BCUT2D eigenvalue weighted by atomic mass is 9.83. The number of piperidine rings is 1. The van der Waals surface area contributed by atoms with Gasteiger partial charge in [0.1, 0.15) is 6.04 Å². The van der Waals surface area contributed by atoms with Crippen molar-refractivity contribution >= 4 is 5.97 Å². The van der Waals surface area contributed by atoms with Crippen molar-refractivity contribution in [2.45, 2.75) is 76.7 Å². The molecular weight excluding hydrogens is 556 g/mol. The lowest BCUT2D eigenvalue weighted by molar-refractivity contribution is -0.145. The molecule has 0 radical (unpaired) electrons. The summed E-state index contributed by atoms with van der Waals surface area (Å²) in [6, 6.07) is 23.0. The first-order chi connectivity index (χ1) is 22.1. The number of benzene rings is 1. The maximum atomic E-state index is 12.1. The first kappa shape index (κ1) is 34.3. The minimum atomic E-state index is -0.593. The second-order valence-corrected chi connectivity index (χ2v) is 13.0. The fraction of sp³-hybridized carbons (Fsp3) is 0.538. The number of allylic oxidation sites excluding steroid dienone is 2. The molecule has 0 spiro atoms. The summed E-state index contributed by atoms with van der Waals surface area (Å²) < 4.78 is 0. The van der Waals surface area contributed by atoms with Crippen LogP contribution in [0.2, 0.25) is 0 Å². The van der Waals surface area contributed by atoms with Gasteiger partial charge in [0.05, 0.1) is 11.6 Å². The van der Waals surface area contributed by atoms with Crippen LogP contribution in [0.1, 0.15) is 75.3 Å². The van der Waals surface area contributed by atoms with E-state index in [4.69, 9.17) is 5.26 Å². The van der Waals surface area contributed by atoms with Crippen LogP contribution in [0, 0.1) is 41.2 Å². The number of nitrogens with zero attached hydrogens (tertiary/aromatic N) is 3. The molecule has 2 aromatic rings. The molecule has 3 aliphatic heterocycles. The van der Waals surface area contributed by atoms with Gasteiger partial charge in [-0.05, 0) is 124 Å². The van der Waals surface area contributed by atoms with Crippen LogP contribution in [0.4, 0.5) is 0 Å². The molecule has 2 saturated heterocycles. The van der Waals surface area contributed by atoms with Gasteiger partial charge in [0.15, 0.2) is 0 Å². The van der Waals surface area contributed by atoms with Gasteiger partial charge in [-0.25, -0.2) is 0 Å².